The van der Waals surface area contributed by atoms with Crippen LogP contribution in [-0.4, -0.2) is 34.5 Å². The predicted octanol–water partition coefficient (Wildman–Crippen LogP) is 0.408. The molecule has 2 aromatic heterocycles. The first-order chi connectivity index (χ1) is 11.6. The van der Waals surface area contributed by atoms with Gasteiger partial charge in [-0.3, -0.25) is 4.79 Å². The molecular weight excluding hydrogens is 330 g/mol. The first kappa shape index (κ1) is 16.1. The molecule has 0 saturated carbocycles. The summed E-state index contributed by atoms with van der Waals surface area (Å²) in [7, 11) is -3.61. The zero-order valence-electron chi connectivity index (χ0n) is 12.6. The summed E-state index contributed by atoms with van der Waals surface area (Å²) in [6.45, 7) is 0.159. The van der Waals surface area contributed by atoms with Crippen molar-refractivity contribution < 1.29 is 8.42 Å². The number of nitrogens with zero attached hydrogens (tertiary/aromatic N) is 4. The number of sulfonamides is 1. The van der Waals surface area contributed by atoms with E-state index in [2.05, 4.69) is 14.9 Å². The lowest BCUT2D eigenvalue weighted by molar-refractivity contribution is 0.542. The van der Waals surface area contributed by atoms with Gasteiger partial charge in [0.15, 0.2) is 5.82 Å². The number of benzene rings is 1. The average Bonchev–Trinajstić information content (AvgIpc) is 3.12. The lowest BCUT2D eigenvalue weighted by Crippen LogP contribution is -2.32. The third kappa shape index (κ3) is 3.58. The van der Waals surface area contributed by atoms with Crippen LogP contribution in [0.5, 0.6) is 0 Å². The van der Waals surface area contributed by atoms with Crippen molar-refractivity contribution in [3.63, 3.8) is 0 Å². The molecule has 3 rings (SSSR count). The minimum Gasteiger partial charge on any atom is -0.268 e. The fourth-order valence-electron chi connectivity index (χ4n) is 2.09. The van der Waals surface area contributed by atoms with E-state index in [1.807, 2.05) is 0 Å². The van der Waals surface area contributed by atoms with E-state index in [1.54, 1.807) is 42.7 Å². The zero-order valence-corrected chi connectivity index (χ0v) is 13.4. The van der Waals surface area contributed by atoms with Crippen molar-refractivity contribution in [1.82, 2.24) is 24.3 Å². The molecule has 0 aliphatic carbocycles. The van der Waals surface area contributed by atoms with Gasteiger partial charge in [-0.15, -0.1) is 5.10 Å². The molecule has 0 bridgehead atoms. The summed E-state index contributed by atoms with van der Waals surface area (Å²) in [5.41, 5.74) is -0.315. The topological polar surface area (TPSA) is 98.9 Å². The van der Waals surface area contributed by atoms with Gasteiger partial charge in [0.2, 0.25) is 10.0 Å². The number of nitrogens with one attached hydrogen (secondary N) is 1. The van der Waals surface area contributed by atoms with Crippen LogP contribution in [0, 0.1) is 0 Å². The highest BCUT2D eigenvalue weighted by molar-refractivity contribution is 7.89. The van der Waals surface area contributed by atoms with E-state index in [1.165, 1.54) is 27.6 Å². The molecule has 0 aliphatic heterocycles. The lowest BCUT2D eigenvalue weighted by Gasteiger charge is -2.09. The second-order valence-corrected chi connectivity index (χ2v) is 6.68. The van der Waals surface area contributed by atoms with Crippen molar-refractivity contribution in [1.29, 1.82) is 0 Å². The fourth-order valence-corrected chi connectivity index (χ4v) is 3.14. The summed E-state index contributed by atoms with van der Waals surface area (Å²) in [6.07, 6.45) is 3.31. The highest BCUT2D eigenvalue weighted by Gasteiger charge is 2.12. The number of aromatic nitrogens is 4. The van der Waals surface area contributed by atoms with Gasteiger partial charge in [0.25, 0.3) is 5.56 Å². The molecule has 0 unspecified atom stereocenters. The molecule has 0 radical (unpaired) electrons. The molecule has 124 valence electrons. The monoisotopic (exact) mass is 345 g/mol. The maximum Gasteiger partial charge on any atom is 0.266 e. The van der Waals surface area contributed by atoms with E-state index in [0.717, 1.165) is 0 Å². The van der Waals surface area contributed by atoms with Gasteiger partial charge in [0.1, 0.15) is 0 Å². The smallest absolute Gasteiger partial charge is 0.266 e. The second-order valence-electron chi connectivity index (χ2n) is 4.91. The van der Waals surface area contributed by atoms with Crippen molar-refractivity contribution in [2.45, 2.75) is 11.4 Å². The van der Waals surface area contributed by atoms with Gasteiger partial charge in [0, 0.05) is 25.0 Å². The predicted molar refractivity (Wildman–Crippen MR) is 87.2 cm³/mol. The summed E-state index contributed by atoms with van der Waals surface area (Å²) < 4.78 is 29.4. The van der Waals surface area contributed by atoms with E-state index in [-0.39, 0.29) is 23.5 Å². The van der Waals surface area contributed by atoms with Crippen molar-refractivity contribution in [3.05, 3.63) is 71.3 Å². The Bertz CT molecular complexity index is 966. The maximum atomic E-state index is 12.1. The quantitative estimate of drug-likeness (QED) is 0.697. The van der Waals surface area contributed by atoms with Gasteiger partial charge < -0.3 is 0 Å². The summed E-state index contributed by atoms with van der Waals surface area (Å²) >= 11 is 0. The Morgan fingerprint density at radius 3 is 2.54 bits per heavy atom. The Balaban J connectivity index is 1.71. The second kappa shape index (κ2) is 6.77. The molecule has 2 heterocycles. The molecule has 9 heteroatoms. The van der Waals surface area contributed by atoms with Crippen LogP contribution >= 0.6 is 0 Å². The average molecular weight is 345 g/mol. The third-order valence-electron chi connectivity index (χ3n) is 3.26. The summed E-state index contributed by atoms with van der Waals surface area (Å²) in [5.74, 6) is 0.477. The Kier molecular flexibility index (Phi) is 4.54. The highest BCUT2D eigenvalue weighted by Crippen LogP contribution is 2.06. The molecule has 1 aromatic carbocycles. The molecule has 0 spiro atoms. The number of rotatable bonds is 6. The first-order valence-corrected chi connectivity index (χ1v) is 8.67. The van der Waals surface area contributed by atoms with Crippen LogP contribution in [0.15, 0.2) is 70.6 Å². The normalized spacial score (nSPS) is 11.5. The van der Waals surface area contributed by atoms with Gasteiger partial charge in [-0.2, -0.15) is 5.10 Å². The van der Waals surface area contributed by atoms with E-state index in [9.17, 15) is 13.2 Å². The van der Waals surface area contributed by atoms with E-state index >= 15 is 0 Å². The van der Waals surface area contributed by atoms with Gasteiger partial charge in [-0.25, -0.2) is 22.5 Å². The SMILES string of the molecule is O=c1ccc(-n2cccn2)nn1CCNS(=O)(=O)c1ccccc1. The summed E-state index contributed by atoms with van der Waals surface area (Å²) in [6, 6.07) is 12.7. The molecule has 0 fully saturated rings. The van der Waals surface area contributed by atoms with Crippen molar-refractivity contribution >= 4 is 10.0 Å². The van der Waals surface area contributed by atoms with Crippen molar-refractivity contribution in [2.75, 3.05) is 6.54 Å². The van der Waals surface area contributed by atoms with Crippen LogP contribution in [0.2, 0.25) is 0 Å². The first-order valence-electron chi connectivity index (χ1n) is 7.19. The Morgan fingerprint density at radius 1 is 1.04 bits per heavy atom. The van der Waals surface area contributed by atoms with Gasteiger partial charge >= 0.3 is 0 Å². The molecule has 3 aromatic rings. The van der Waals surface area contributed by atoms with E-state index in [4.69, 9.17) is 0 Å². The van der Waals surface area contributed by atoms with Crippen molar-refractivity contribution in [2.24, 2.45) is 0 Å². The summed E-state index contributed by atoms with van der Waals surface area (Å²) in [5, 5.41) is 8.22. The molecule has 0 saturated heterocycles. The maximum absolute atomic E-state index is 12.1. The van der Waals surface area contributed by atoms with Crippen LogP contribution in [-0.2, 0) is 16.6 Å². The molecule has 0 amide bonds. The van der Waals surface area contributed by atoms with Crippen LogP contribution in [0.3, 0.4) is 0 Å². The Hall–Kier alpha value is -2.78. The van der Waals surface area contributed by atoms with Crippen LogP contribution in [0.4, 0.5) is 0 Å². The Labute approximate surface area is 138 Å². The minimum atomic E-state index is -3.61. The molecule has 8 nitrogen and oxygen atoms in total. The molecule has 1 N–H and O–H groups in total. The molecular formula is C15H15N5O3S. The van der Waals surface area contributed by atoms with Crippen LogP contribution in [0.1, 0.15) is 0 Å². The van der Waals surface area contributed by atoms with Crippen LogP contribution in [0.25, 0.3) is 5.82 Å². The molecule has 0 aliphatic rings. The zero-order chi connectivity index (χ0) is 17.0. The van der Waals surface area contributed by atoms with E-state index in [0.29, 0.717) is 5.82 Å². The Morgan fingerprint density at radius 2 is 1.83 bits per heavy atom. The molecule has 24 heavy (non-hydrogen) atoms. The number of hydrogen-bond donors (Lipinski definition) is 1. The van der Waals surface area contributed by atoms with Gasteiger partial charge in [-0.05, 0) is 24.3 Å². The van der Waals surface area contributed by atoms with Crippen molar-refractivity contribution in [3.8, 4) is 5.82 Å². The largest absolute Gasteiger partial charge is 0.268 e. The molecule has 0 atom stereocenters. The van der Waals surface area contributed by atoms with Gasteiger partial charge in [0.05, 0.1) is 11.4 Å². The van der Waals surface area contributed by atoms with Gasteiger partial charge in [-0.1, -0.05) is 18.2 Å². The third-order valence-corrected chi connectivity index (χ3v) is 4.74. The number of hydrogen-bond acceptors (Lipinski definition) is 5. The standard InChI is InChI=1S/C15H15N5O3S/c21-15-8-7-14(19-11-4-9-16-19)18-20(15)12-10-17-24(22,23)13-5-2-1-3-6-13/h1-9,11,17H,10,12H2. The van der Waals surface area contributed by atoms with Crippen LogP contribution < -0.4 is 10.3 Å². The van der Waals surface area contributed by atoms with E-state index < -0.39 is 10.0 Å². The fraction of sp³-hybridized carbons (Fsp3) is 0.133. The minimum absolute atomic E-state index is 0.0483. The highest BCUT2D eigenvalue weighted by atomic mass is 32.2. The summed E-state index contributed by atoms with van der Waals surface area (Å²) in [4.78, 5) is 12.0. The lowest BCUT2D eigenvalue weighted by atomic mass is 10.4.